The van der Waals surface area contributed by atoms with Gasteiger partial charge in [-0.3, -0.25) is 14.6 Å². The van der Waals surface area contributed by atoms with E-state index in [0.29, 0.717) is 13.1 Å². The first-order valence-electron chi connectivity index (χ1n) is 10.6. The third kappa shape index (κ3) is 5.44. The van der Waals surface area contributed by atoms with Crippen molar-refractivity contribution in [1.29, 1.82) is 0 Å². The number of likely N-dealkylation sites (N-methyl/N-ethyl adjacent to an activating group) is 1. The van der Waals surface area contributed by atoms with Gasteiger partial charge in [-0.1, -0.05) is 24.3 Å². The highest BCUT2D eigenvalue weighted by Gasteiger charge is 2.21. The van der Waals surface area contributed by atoms with Crippen LogP contribution < -0.4 is 10.1 Å². The van der Waals surface area contributed by atoms with E-state index in [4.69, 9.17) is 9.15 Å². The SMILES string of the molecule is CNC(=O)CN1CCN(CC(O)COc2cc(-c3ccoc3)c3ccccc3c2)CC1. The van der Waals surface area contributed by atoms with Gasteiger partial charge in [0.05, 0.1) is 19.1 Å². The molecule has 0 spiro atoms. The predicted molar refractivity (Wildman–Crippen MR) is 120 cm³/mol. The number of aliphatic hydroxyl groups is 1. The molecule has 1 atom stereocenters. The monoisotopic (exact) mass is 423 g/mol. The van der Waals surface area contributed by atoms with Crippen molar-refractivity contribution in [2.75, 3.05) is 52.9 Å². The fourth-order valence-corrected chi connectivity index (χ4v) is 3.98. The molecule has 1 aliphatic rings. The smallest absolute Gasteiger partial charge is 0.233 e. The van der Waals surface area contributed by atoms with E-state index in [1.807, 2.05) is 30.3 Å². The maximum atomic E-state index is 11.5. The standard InChI is InChI=1S/C24H29N3O4/c1-25-24(29)15-27-9-7-26(8-10-27)14-20(28)17-31-21-12-18-4-2-3-5-22(18)23(13-21)19-6-11-30-16-19/h2-6,11-13,16,20,28H,7-10,14-15,17H2,1H3,(H,25,29). The van der Waals surface area contributed by atoms with Crippen LogP contribution in [0.15, 0.2) is 59.4 Å². The molecule has 1 aliphatic heterocycles. The van der Waals surface area contributed by atoms with Crippen molar-refractivity contribution < 1.29 is 19.1 Å². The first kappa shape index (κ1) is 21.4. The van der Waals surface area contributed by atoms with Crippen LogP contribution in [0.4, 0.5) is 0 Å². The lowest BCUT2D eigenvalue weighted by atomic mass is 10.00. The van der Waals surface area contributed by atoms with Gasteiger partial charge in [-0.05, 0) is 34.5 Å². The Labute approximate surface area is 182 Å². The van der Waals surface area contributed by atoms with Crippen molar-refractivity contribution in [1.82, 2.24) is 15.1 Å². The summed E-state index contributed by atoms with van der Waals surface area (Å²) < 4.78 is 11.2. The molecule has 7 heteroatoms. The molecule has 2 heterocycles. The molecule has 1 saturated heterocycles. The van der Waals surface area contributed by atoms with Gasteiger partial charge in [0.2, 0.25) is 5.91 Å². The molecular formula is C24H29N3O4. The number of rotatable bonds is 8. The minimum Gasteiger partial charge on any atom is -0.491 e. The summed E-state index contributed by atoms with van der Waals surface area (Å²) in [6.45, 7) is 4.50. The molecule has 0 bridgehead atoms. The quantitative estimate of drug-likeness (QED) is 0.578. The third-order valence-electron chi connectivity index (χ3n) is 5.69. The van der Waals surface area contributed by atoms with Crippen molar-refractivity contribution in [3.8, 4) is 16.9 Å². The van der Waals surface area contributed by atoms with Crippen molar-refractivity contribution in [2.45, 2.75) is 6.10 Å². The van der Waals surface area contributed by atoms with Gasteiger partial charge in [-0.2, -0.15) is 0 Å². The zero-order chi connectivity index (χ0) is 21.6. The molecule has 7 nitrogen and oxygen atoms in total. The fraction of sp³-hybridized carbons (Fsp3) is 0.375. The number of nitrogens with zero attached hydrogens (tertiary/aromatic N) is 2. The summed E-state index contributed by atoms with van der Waals surface area (Å²) in [6.07, 6.45) is 2.80. The highest BCUT2D eigenvalue weighted by molar-refractivity contribution is 5.97. The Hall–Kier alpha value is -2.87. The normalized spacial score (nSPS) is 16.3. The minimum absolute atomic E-state index is 0.0343. The van der Waals surface area contributed by atoms with Gasteiger partial charge < -0.3 is 19.6 Å². The number of aliphatic hydroxyl groups excluding tert-OH is 1. The average Bonchev–Trinajstić information content (AvgIpc) is 3.33. The largest absolute Gasteiger partial charge is 0.491 e. The van der Waals surface area contributed by atoms with Crippen molar-refractivity contribution in [3.05, 3.63) is 55.0 Å². The lowest BCUT2D eigenvalue weighted by Crippen LogP contribution is -2.51. The number of carbonyl (C=O) groups is 1. The highest BCUT2D eigenvalue weighted by Crippen LogP contribution is 2.33. The molecule has 164 valence electrons. The van der Waals surface area contributed by atoms with Gasteiger partial charge >= 0.3 is 0 Å². The summed E-state index contributed by atoms with van der Waals surface area (Å²) in [6, 6.07) is 14.1. The van der Waals surface area contributed by atoms with Crippen molar-refractivity contribution in [3.63, 3.8) is 0 Å². The van der Waals surface area contributed by atoms with Gasteiger partial charge in [0.25, 0.3) is 0 Å². The fourth-order valence-electron chi connectivity index (χ4n) is 3.98. The number of fused-ring (bicyclic) bond motifs is 1. The van der Waals surface area contributed by atoms with E-state index >= 15 is 0 Å². The van der Waals surface area contributed by atoms with Crippen LogP contribution >= 0.6 is 0 Å². The van der Waals surface area contributed by atoms with Gasteiger partial charge in [0.1, 0.15) is 18.5 Å². The molecule has 2 N–H and O–H groups in total. The summed E-state index contributed by atoms with van der Waals surface area (Å²) >= 11 is 0. The molecule has 1 aromatic heterocycles. The topological polar surface area (TPSA) is 78.2 Å². The van der Waals surface area contributed by atoms with Gasteiger partial charge in [-0.25, -0.2) is 0 Å². The van der Waals surface area contributed by atoms with Crippen LogP contribution in [-0.2, 0) is 4.79 Å². The average molecular weight is 424 g/mol. The number of benzene rings is 2. The van der Waals surface area contributed by atoms with E-state index < -0.39 is 6.10 Å². The summed E-state index contributed by atoms with van der Waals surface area (Å²) in [5, 5.41) is 15.4. The lowest BCUT2D eigenvalue weighted by molar-refractivity contribution is -0.122. The van der Waals surface area contributed by atoms with E-state index in [1.165, 1.54) is 0 Å². The Morgan fingerprint density at radius 3 is 2.68 bits per heavy atom. The number of hydrogen-bond acceptors (Lipinski definition) is 6. The number of hydrogen-bond donors (Lipinski definition) is 2. The third-order valence-corrected chi connectivity index (χ3v) is 5.69. The van der Waals surface area contributed by atoms with E-state index in [2.05, 4.69) is 27.2 Å². The summed E-state index contributed by atoms with van der Waals surface area (Å²) in [7, 11) is 1.66. The Kier molecular flexibility index (Phi) is 6.86. The molecule has 0 aliphatic carbocycles. The van der Waals surface area contributed by atoms with E-state index in [1.54, 1.807) is 19.6 Å². The number of furan rings is 1. The molecule has 0 saturated carbocycles. The summed E-state index contributed by atoms with van der Waals surface area (Å²) in [5.41, 5.74) is 2.04. The predicted octanol–water partition coefficient (Wildman–Crippen LogP) is 2.20. The Balaban J connectivity index is 1.34. The molecule has 1 unspecified atom stereocenters. The zero-order valence-electron chi connectivity index (χ0n) is 17.8. The first-order valence-corrected chi connectivity index (χ1v) is 10.6. The van der Waals surface area contributed by atoms with Crippen LogP contribution in [0.25, 0.3) is 21.9 Å². The lowest BCUT2D eigenvalue weighted by Gasteiger charge is -2.35. The molecule has 31 heavy (non-hydrogen) atoms. The van der Waals surface area contributed by atoms with E-state index in [9.17, 15) is 9.90 Å². The zero-order valence-corrected chi connectivity index (χ0v) is 17.8. The van der Waals surface area contributed by atoms with Gasteiger partial charge in [0, 0.05) is 45.3 Å². The number of amides is 1. The van der Waals surface area contributed by atoms with E-state index in [-0.39, 0.29) is 12.5 Å². The van der Waals surface area contributed by atoms with Gasteiger partial charge in [0.15, 0.2) is 0 Å². The van der Waals surface area contributed by atoms with Crippen LogP contribution in [0.2, 0.25) is 0 Å². The number of nitrogens with one attached hydrogen (secondary N) is 1. The first-order chi connectivity index (χ1) is 15.1. The molecule has 3 aromatic rings. The van der Waals surface area contributed by atoms with Crippen molar-refractivity contribution in [2.24, 2.45) is 0 Å². The second-order valence-electron chi connectivity index (χ2n) is 7.92. The second kappa shape index (κ2) is 9.96. The summed E-state index contributed by atoms with van der Waals surface area (Å²) in [5.74, 6) is 0.761. The number of piperazine rings is 1. The molecular weight excluding hydrogens is 394 g/mol. The molecule has 1 fully saturated rings. The summed E-state index contributed by atoms with van der Waals surface area (Å²) in [4.78, 5) is 15.9. The molecule has 0 radical (unpaired) electrons. The van der Waals surface area contributed by atoms with Crippen LogP contribution in [0.5, 0.6) is 5.75 Å². The number of ether oxygens (including phenoxy) is 1. The number of carbonyl (C=O) groups excluding carboxylic acids is 1. The molecule has 4 rings (SSSR count). The minimum atomic E-state index is -0.589. The second-order valence-corrected chi connectivity index (χ2v) is 7.92. The Morgan fingerprint density at radius 1 is 1.16 bits per heavy atom. The van der Waals surface area contributed by atoms with Gasteiger partial charge in [-0.15, -0.1) is 0 Å². The Morgan fingerprint density at radius 2 is 1.94 bits per heavy atom. The molecule has 2 aromatic carbocycles. The number of β-amino-alcohol motifs (C(OH)–C–C–N with tert-alkyl or cyclic N) is 1. The van der Waals surface area contributed by atoms with E-state index in [0.717, 1.165) is 53.8 Å². The maximum Gasteiger partial charge on any atom is 0.233 e. The van der Waals surface area contributed by atoms with Crippen LogP contribution in [0.1, 0.15) is 0 Å². The van der Waals surface area contributed by atoms with Crippen LogP contribution in [0.3, 0.4) is 0 Å². The van der Waals surface area contributed by atoms with Crippen LogP contribution in [0, 0.1) is 0 Å². The Bertz CT molecular complexity index is 997. The van der Waals surface area contributed by atoms with Crippen LogP contribution in [-0.4, -0.2) is 79.8 Å². The highest BCUT2D eigenvalue weighted by atomic mass is 16.5. The van der Waals surface area contributed by atoms with Crippen molar-refractivity contribution >= 4 is 16.7 Å². The maximum absolute atomic E-state index is 11.5. The molecule has 1 amide bonds.